The van der Waals surface area contributed by atoms with Gasteiger partial charge in [-0.1, -0.05) is 6.92 Å². The van der Waals surface area contributed by atoms with Crippen molar-refractivity contribution in [2.45, 2.75) is 38.8 Å². The first-order valence-corrected chi connectivity index (χ1v) is 8.93. The summed E-state index contributed by atoms with van der Waals surface area (Å²) >= 11 is 1.47. The van der Waals surface area contributed by atoms with Crippen LogP contribution >= 0.6 is 11.3 Å². The van der Waals surface area contributed by atoms with E-state index >= 15 is 0 Å². The fraction of sp³-hybridized carbons (Fsp3) is 0.462. The van der Waals surface area contributed by atoms with E-state index in [1.807, 2.05) is 13.8 Å². The summed E-state index contributed by atoms with van der Waals surface area (Å²) in [7, 11) is -3.58. The van der Waals surface area contributed by atoms with Crippen LogP contribution in [-0.4, -0.2) is 19.9 Å². The molecule has 2 aromatic rings. The molecule has 0 aliphatic carbocycles. The highest BCUT2D eigenvalue weighted by Gasteiger charge is 2.21. The largest absolute Gasteiger partial charge is 0.464 e. The maximum Gasteiger partial charge on any atom is 0.244 e. The predicted octanol–water partition coefficient (Wildman–Crippen LogP) is 1.94. The summed E-state index contributed by atoms with van der Waals surface area (Å²) in [5, 5.41) is 4.02. The van der Waals surface area contributed by atoms with Crippen LogP contribution in [-0.2, 0) is 23.1 Å². The quantitative estimate of drug-likeness (QED) is 0.811. The van der Waals surface area contributed by atoms with Gasteiger partial charge in [0, 0.05) is 23.7 Å². The molecule has 0 bridgehead atoms. The highest BCUT2D eigenvalue weighted by atomic mass is 32.2. The predicted molar refractivity (Wildman–Crippen MR) is 81.7 cm³/mol. The van der Waals surface area contributed by atoms with Crippen molar-refractivity contribution in [1.29, 1.82) is 0 Å². The van der Waals surface area contributed by atoms with Crippen molar-refractivity contribution in [2.24, 2.45) is 0 Å². The molecule has 0 aliphatic heterocycles. The summed E-state index contributed by atoms with van der Waals surface area (Å²) < 4.78 is 32.7. The van der Waals surface area contributed by atoms with Gasteiger partial charge in [-0.2, -0.15) is 0 Å². The Labute approximate surface area is 128 Å². The molecule has 2 rings (SSSR count). The first-order chi connectivity index (χ1) is 9.92. The Balaban J connectivity index is 2.09. The van der Waals surface area contributed by atoms with Crippen molar-refractivity contribution in [1.82, 2.24) is 15.0 Å². The van der Waals surface area contributed by atoms with Gasteiger partial charge in [-0.15, -0.1) is 11.3 Å². The Kier molecular flexibility index (Phi) is 5.15. The number of furan rings is 1. The molecule has 2 N–H and O–H groups in total. The van der Waals surface area contributed by atoms with Gasteiger partial charge in [-0.25, -0.2) is 18.1 Å². The van der Waals surface area contributed by atoms with Gasteiger partial charge in [0.05, 0.1) is 11.6 Å². The summed E-state index contributed by atoms with van der Waals surface area (Å²) in [6.07, 6.45) is 1.68. The standard InChI is InChI=1S/C13H19N3O3S2/c1-4-14-6-11-5-13(9(2)19-11)21(17,18)16-8-12-7-15-10(3)20-12/h5,7,14,16H,4,6,8H2,1-3H3. The number of nitrogens with zero attached hydrogens (tertiary/aromatic N) is 1. The van der Waals surface area contributed by atoms with Crippen LogP contribution in [0.25, 0.3) is 0 Å². The molecule has 2 heterocycles. The number of thiazole rings is 1. The number of rotatable bonds is 7. The SMILES string of the molecule is CCNCc1cc(S(=O)(=O)NCc2cnc(C)s2)c(C)o1. The van der Waals surface area contributed by atoms with E-state index in [1.165, 1.54) is 11.3 Å². The summed E-state index contributed by atoms with van der Waals surface area (Å²) in [6.45, 7) is 7.07. The Bertz CT molecular complexity index is 704. The third-order valence-corrected chi connectivity index (χ3v) is 5.29. The first kappa shape index (κ1) is 16.2. The lowest BCUT2D eigenvalue weighted by atomic mass is 10.4. The minimum atomic E-state index is -3.58. The molecule has 0 spiro atoms. The lowest BCUT2D eigenvalue weighted by molar-refractivity contribution is 0.460. The molecule has 2 aromatic heterocycles. The fourth-order valence-corrected chi connectivity index (χ4v) is 3.89. The number of nitrogens with one attached hydrogen (secondary N) is 2. The second kappa shape index (κ2) is 6.69. The van der Waals surface area contributed by atoms with E-state index in [4.69, 9.17) is 4.42 Å². The molecule has 21 heavy (non-hydrogen) atoms. The monoisotopic (exact) mass is 329 g/mol. The molecule has 0 aliphatic rings. The Hall–Kier alpha value is -1.22. The summed E-state index contributed by atoms with van der Waals surface area (Å²) in [5.74, 6) is 1.01. The summed E-state index contributed by atoms with van der Waals surface area (Å²) in [6, 6.07) is 1.57. The van der Waals surface area contributed by atoms with E-state index in [2.05, 4.69) is 15.0 Å². The van der Waals surface area contributed by atoms with Gasteiger partial charge in [-0.3, -0.25) is 0 Å². The highest BCUT2D eigenvalue weighted by Crippen LogP contribution is 2.20. The van der Waals surface area contributed by atoms with Crippen molar-refractivity contribution in [3.05, 3.63) is 33.7 Å². The molecule has 0 unspecified atom stereocenters. The van der Waals surface area contributed by atoms with Gasteiger partial charge < -0.3 is 9.73 Å². The zero-order valence-electron chi connectivity index (χ0n) is 12.3. The third kappa shape index (κ3) is 4.13. The number of hydrogen-bond donors (Lipinski definition) is 2. The molecule has 0 atom stereocenters. The van der Waals surface area contributed by atoms with E-state index in [1.54, 1.807) is 19.2 Å². The lowest BCUT2D eigenvalue weighted by Gasteiger charge is -2.03. The van der Waals surface area contributed by atoms with Gasteiger partial charge in [-0.05, 0) is 20.4 Å². The lowest BCUT2D eigenvalue weighted by Crippen LogP contribution is -2.23. The molecule has 0 saturated heterocycles. The highest BCUT2D eigenvalue weighted by molar-refractivity contribution is 7.89. The first-order valence-electron chi connectivity index (χ1n) is 6.63. The molecule has 0 saturated carbocycles. The van der Waals surface area contributed by atoms with Crippen LogP contribution in [0, 0.1) is 13.8 Å². The normalized spacial score (nSPS) is 12.0. The number of hydrogen-bond acceptors (Lipinski definition) is 6. The van der Waals surface area contributed by atoms with E-state index < -0.39 is 10.0 Å². The topological polar surface area (TPSA) is 84.2 Å². The van der Waals surface area contributed by atoms with Gasteiger partial charge in [0.15, 0.2) is 0 Å². The van der Waals surface area contributed by atoms with Gasteiger partial charge >= 0.3 is 0 Å². The number of aryl methyl sites for hydroxylation is 2. The second-order valence-corrected chi connectivity index (χ2v) is 7.64. The van der Waals surface area contributed by atoms with Crippen molar-refractivity contribution >= 4 is 21.4 Å². The average molecular weight is 329 g/mol. The number of sulfonamides is 1. The number of aromatic nitrogens is 1. The molecule has 0 aromatic carbocycles. The third-order valence-electron chi connectivity index (χ3n) is 2.87. The molecule has 0 amide bonds. The molecule has 8 heteroatoms. The van der Waals surface area contributed by atoms with Gasteiger partial charge in [0.1, 0.15) is 16.4 Å². The van der Waals surface area contributed by atoms with Crippen LogP contribution in [0.5, 0.6) is 0 Å². The van der Waals surface area contributed by atoms with Crippen LogP contribution in [0.3, 0.4) is 0 Å². The molecule has 116 valence electrons. The zero-order valence-corrected chi connectivity index (χ0v) is 13.9. The van der Waals surface area contributed by atoms with Gasteiger partial charge in [0.2, 0.25) is 10.0 Å². The van der Waals surface area contributed by atoms with Crippen LogP contribution in [0.15, 0.2) is 21.6 Å². The Morgan fingerprint density at radius 3 is 2.71 bits per heavy atom. The molecular formula is C13H19N3O3S2. The maximum atomic E-state index is 12.3. The van der Waals surface area contributed by atoms with Crippen LogP contribution in [0.1, 0.15) is 28.3 Å². The zero-order chi connectivity index (χ0) is 15.5. The van der Waals surface area contributed by atoms with E-state index in [0.29, 0.717) is 18.1 Å². The van der Waals surface area contributed by atoms with Gasteiger partial charge in [0.25, 0.3) is 0 Å². The molecular weight excluding hydrogens is 310 g/mol. The van der Waals surface area contributed by atoms with Crippen LogP contribution in [0.4, 0.5) is 0 Å². The summed E-state index contributed by atoms with van der Waals surface area (Å²) in [4.78, 5) is 5.17. The Morgan fingerprint density at radius 2 is 2.10 bits per heavy atom. The smallest absolute Gasteiger partial charge is 0.244 e. The minimum absolute atomic E-state index is 0.191. The average Bonchev–Trinajstić information content (AvgIpc) is 3.00. The molecule has 0 fully saturated rings. The molecule has 0 radical (unpaired) electrons. The second-order valence-electron chi connectivity index (χ2n) is 4.58. The van der Waals surface area contributed by atoms with Crippen LogP contribution in [0.2, 0.25) is 0 Å². The minimum Gasteiger partial charge on any atom is -0.464 e. The van der Waals surface area contributed by atoms with Crippen LogP contribution < -0.4 is 10.0 Å². The van der Waals surface area contributed by atoms with E-state index in [0.717, 1.165) is 16.4 Å². The van der Waals surface area contributed by atoms with E-state index in [9.17, 15) is 8.42 Å². The van der Waals surface area contributed by atoms with Crippen molar-refractivity contribution in [3.8, 4) is 0 Å². The fourth-order valence-electron chi connectivity index (χ4n) is 1.86. The Morgan fingerprint density at radius 1 is 1.33 bits per heavy atom. The van der Waals surface area contributed by atoms with Crippen molar-refractivity contribution < 1.29 is 12.8 Å². The molecule has 6 nitrogen and oxygen atoms in total. The summed E-state index contributed by atoms with van der Waals surface area (Å²) in [5.41, 5.74) is 0. The maximum absolute atomic E-state index is 12.3. The van der Waals surface area contributed by atoms with Crippen molar-refractivity contribution in [2.75, 3.05) is 6.54 Å². The van der Waals surface area contributed by atoms with E-state index in [-0.39, 0.29) is 11.4 Å². The van der Waals surface area contributed by atoms with Crippen molar-refractivity contribution in [3.63, 3.8) is 0 Å².